The van der Waals surface area contributed by atoms with Gasteiger partial charge in [-0.1, -0.05) is 0 Å². The number of phosphoric ester groups is 1. The van der Waals surface area contributed by atoms with Gasteiger partial charge in [0.1, 0.15) is 12.3 Å². The van der Waals surface area contributed by atoms with Gasteiger partial charge in [-0.3, -0.25) is 18.9 Å². The third-order valence-electron chi connectivity index (χ3n) is 3.27. The van der Waals surface area contributed by atoms with Crippen LogP contribution in [-0.2, 0) is 22.7 Å². The van der Waals surface area contributed by atoms with E-state index in [0.717, 1.165) is 4.57 Å². The fourth-order valence-corrected chi connectivity index (χ4v) is 3.76. The zero-order valence-electron chi connectivity index (χ0n) is 12.7. The Kier molecular flexibility index (Phi) is 5.84. The molecule has 0 aromatic carbocycles. The number of ether oxygens (including phenoxy) is 1. The van der Waals surface area contributed by atoms with Crippen LogP contribution < -0.4 is 11.2 Å². The summed E-state index contributed by atoms with van der Waals surface area (Å²) >= 11 is 0. The number of hydrogen-bond donors (Lipinski definition) is 5. The number of phosphoric acid groups is 2. The largest absolute Gasteiger partial charge is 0.481 e. The lowest BCUT2D eigenvalue weighted by Crippen LogP contribution is -2.33. The molecule has 25 heavy (non-hydrogen) atoms. The summed E-state index contributed by atoms with van der Waals surface area (Å²) < 4.78 is 36.3. The van der Waals surface area contributed by atoms with E-state index in [1.54, 1.807) is 0 Å². The molecule has 15 heteroatoms. The van der Waals surface area contributed by atoms with Gasteiger partial charge >= 0.3 is 21.3 Å². The van der Waals surface area contributed by atoms with Crippen molar-refractivity contribution in [3.05, 3.63) is 32.6 Å². The Morgan fingerprint density at radius 3 is 2.60 bits per heavy atom. The van der Waals surface area contributed by atoms with Crippen LogP contribution in [0, 0.1) is 6.92 Å². The second-order valence-electron chi connectivity index (χ2n) is 5.25. The Hall–Kier alpha value is -1.14. The molecule has 4 atom stereocenters. The molecule has 0 spiro atoms. The van der Waals surface area contributed by atoms with Gasteiger partial charge in [0, 0.05) is 18.2 Å². The van der Waals surface area contributed by atoms with Crippen molar-refractivity contribution in [2.75, 3.05) is 6.61 Å². The Labute approximate surface area is 139 Å². The molecule has 0 radical (unpaired) electrons. The molecule has 13 nitrogen and oxygen atoms in total. The van der Waals surface area contributed by atoms with E-state index < -0.39 is 51.9 Å². The molecule has 142 valence electrons. The van der Waals surface area contributed by atoms with Crippen LogP contribution in [0.3, 0.4) is 0 Å². The number of nitrogens with one attached hydrogen (secondary N) is 1. The zero-order chi connectivity index (χ0) is 19.0. The fourth-order valence-electron chi connectivity index (χ4n) is 2.16. The van der Waals surface area contributed by atoms with Gasteiger partial charge in [0.05, 0.1) is 12.7 Å². The summed E-state index contributed by atoms with van der Waals surface area (Å²) in [4.78, 5) is 51.4. The SMILES string of the molecule is Cc1cn([C@H]2C[C@@H](O)[C@@H](COP(=O)(O)OP(=O)(O)O)O2)c(=O)[nH]c1=O. The zero-order valence-corrected chi connectivity index (χ0v) is 14.5. The van der Waals surface area contributed by atoms with Gasteiger partial charge in [0.15, 0.2) is 0 Å². The number of hydrogen-bond acceptors (Lipinski definition) is 8. The van der Waals surface area contributed by atoms with Crippen LogP contribution in [0.15, 0.2) is 15.8 Å². The minimum absolute atomic E-state index is 0.0888. The first-order valence-electron chi connectivity index (χ1n) is 6.78. The molecule has 2 heterocycles. The maximum Gasteiger partial charge on any atom is 0.481 e. The summed E-state index contributed by atoms with van der Waals surface area (Å²) in [5, 5.41) is 9.91. The summed E-state index contributed by atoms with van der Waals surface area (Å²) in [5.41, 5.74) is -1.12. The molecule has 1 unspecified atom stereocenters. The minimum atomic E-state index is -5.26. The Balaban J connectivity index is 2.06. The number of nitrogens with zero attached hydrogens (tertiary/aromatic N) is 1. The third-order valence-corrected chi connectivity index (χ3v) is 5.42. The van der Waals surface area contributed by atoms with E-state index in [1.165, 1.54) is 13.1 Å². The second-order valence-corrected chi connectivity index (χ2v) is 8.08. The molecule has 1 aliphatic heterocycles. The summed E-state index contributed by atoms with van der Waals surface area (Å²) in [5.74, 6) is 0. The maximum atomic E-state index is 11.8. The van der Waals surface area contributed by atoms with Crippen LogP contribution in [0.2, 0.25) is 0 Å². The molecule has 0 aliphatic carbocycles. The van der Waals surface area contributed by atoms with Gasteiger partial charge in [-0.25, -0.2) is 13.9 Å². The van der Waals surface area contributed by atoms with Crippen molar-refractivity contribution in [3.8, 4) is 0 Å². The topological polar surface area (TPSA) is 198 Å². The quantitative estimate of drug-likeness (QED) is 0.355. The Morgan fingerprint density at radius 2 is 2.00 bits per heavy atom. The lowest BCUT2D eigenvalue weighted by Gasteiger charge is -2.18. The van der Waals surface area contributed by atoms with Gasteiger partial charge in [0.2, 0.25) is 0 Å². The highest BCUT2D eigenvalue weighted by Crippen LogP contribution is 2.57. The van der Waals surface area contributed by atoms with E-state index in [4.69, 9.17) is 14.5 Å². The lowest BCUT2D eigenvalue weighted by atomic mass is 10.2. The smallest absolute Gasteiger partial charge is 0.390 e. The van der Waals surface area contributed by atoms with E-state index in [-0.39, 0.29) is 12.0 Å². The highest BCUT2D eigenvalue weighted by Gasteiger charge is 2.39. The summed E-state index contributed by atoms with van der Waals surface area (Å²) in [7, 11) is -10.3. The number of rotatable bonds is 6. The molecule has 5 N–H and O–H groups in total. The monoisotopic (exact) mass is 402 g/mol. The highest BCUT2D eigenvalue weighted by molar-refractivity contribution is 7.60. The van der Waals surface area contributed by atoms with Crippen molar-refractivity contribution in [1.29, 1.82) is 0 Å². The van der Waals surface area contributed by atoms with Gasteiger partial charge in [0.25, 0.3) is 5.56 Å². The summed E-state index contributed by atoms with van der Waals surface area (Å²) in [6.07, 6.45) is -2.22. The average Bonchev–Trinajstić information content (AvgIpc) is 2.79. The lowest BCUT2D eigenvalue weighted by molar-refractivity contribution is -0.0450. The number of aliphatic hydroxyl groups excluding tert-OH is 1. The van der Waals surface area contributed by atoms with Gasteiger partial charge < -0.3 is 24.5 Å². The highest BCUT2D eigenvalue weighted by atomic mass is 31.3. The molecule has 0 saturated carbocycles. The third kappa shape index (κ3) is 5.42. The molecular formula is C10H16N2O11P2. The molecule has 0 amide bonds. The first-order chi connectivity index (χ1) is 11.4. The number of aliphatic hydroxyl groups is 1. The van der Waals surface area contributed by atoms with Crippen molar-refractivity contribution in [1.82, 2.24) is 9.55 Å². The van der Waals surface area contributed by atoms with Crippen LogP contribution >= 0.6 is 15.6 Å². The summed E-state index contributed by atoms with van der Waals surface area (Å²) in [6, 6.07) is 0. The van der Waals surface area contributed by atoms with E-state index in [0.29, 0.717) is 0 Å². The minimum Gasteiger partial charge on any atom is -0.390 e. The number of aromatic amines is 1. The molecule has 1 aromatic heterocycles. The molecule has 1 aliphatic rings. The Morgan fingerprint density at radius 1 is 1.36 bits per heavy atom. The molecule has 1 fully saturated rings. The molecule has 1 aromatic rings. The Bertz CT molecular complexity index is 842. The number of aromatic nitrogens is 2. The predicted molar refractivity (Wildman–Crippen MR) is 79.5 cm³/mol. The van der Waals surface area contributed by atoms with Gasteiger partial charge in [-0.05, 0) is 6.92 Å². The molecule has 2 rings (SSSR count). The summed E-state index contributed by atoms with van der Waals surface area (Å²) in [6.45, 7) is 0.727. The first-order valence-corrected chi connectivity index (χ1v) is 9.80. The number of H-pyrrole nitrogens is 1. The van der Waals surface area contributed by atoms with E-state index in [9.17, 15) is 28.7 Å². The van der Waals surface area contributed by atoms with Gasteiger partial charge in [-0.2, -0.15) is 4.31 Å². The fraction of sp³-hybridized carbons (Fsp3) is 0.600. The van der Waals surface area contributed by atoms with E-state index in [1.807, 2.05) is 0 Å². The van der Waals surface area contributed by atoms with Crippen LogP contribution in [0.5, 0.6) is 0 Å². The molecular weight excluding hydrogens is 386 g/mol. The normalized spacial score (nSPS) is 26.5. The van der Waals surface area contributed by atoms with Crippen molar-refractivity contribution in [3.63, 3.8) is 0 Å². The average molecular weight is 402 g/mol. The van der Waals surface area contributed by atoms with Crippen molar-refractivity contribution < 1.29 is 42.5 Å². The van der Waals surface area contributed by atoms with Crippen LogP contribution in [0.25, 0.3) is 0 Å². The molecule has 1 saturated heterocycles. The second kappa shape index (κ2) is 7.23. The van der Waals surface area contributed by atoms with Crippen LogP contribution in [-0.4, -0.2) is 48.2 Å². The van der Waals surface area contributed by atoms with Crippen LogP contribution in [0.1, 0.15) is 18.2 Å². The standard InChI is InChI=1S/C10H16N2O11P2/c1-5-3-12(10(15)11-9(5)14)8-2-6(13)7(22-8)4-21-25(19,20)23-24(16,17)18/h3,6-8,13H,2,4H2,1H3,(H,19,20)(H,11,14,15)(H2,16,17,18)/t6-,7-,8-/m1/s1. The molecule has 0 bridgehead atoms. The number of aryl methyl sites for hydroxylation is 1. The van der Waals surface area contributed by atoms with Crippen molar-refractivity contribution >= 4 is 15.6 Å². The van der Waals surface area contributed by atoms with E-state index >= 15 is 0 Å². The van der Waals surface area contributed by atoms with Gasteiger partial charge in [-0.15, -0.1) is 0 Å². The van der Waals surface area contributed by atoms with Crippen molar-refractivity contribution in [2.24, 2.45) is 0 Å². The first kappa shape index (κ1) is 20.2. The maximum absolute atomic E-state index is 11.8. The van der Waals surface area contributed by atoms with E-state index in [2.05, 4.69) is 13.8 Å². The van der Waals surface area contributed by atoms with Crippen LogP contribution in [0.4, 0.5) is 0 Å². The predicted octanol–water partition coefficient (Wildman–Crippen LogP) is -1.28. The van der Waals surface area contributed by atoms with Crippen molar-refractivity contribution in [2.45, 2.75) is 31.8 Å².